The standard InChI is InChI=1S/C5H8O5/c6-2-5(9)1-3(7)10-4(5)8/h3,6-7,9H,1-2H2/t3-,5-/m0/s1. The highest BCUT2D eigenvalue weighted by molar-refractivity contribution is 5.81. The highest BCUT2D eigenvalue weighted by Crippen LogP contribution is 2.23. The van der Waals surface area contributed by atoms with Crippen molar-refractivity contribution in [3.05, 3.63) is 0 Å². The molecule has 58 valence electrons. The van der Waals surface area contributed by atoms with Crippen LogP contribution >= 0.6 is 0 Å². The normalized spacial score (nSPS) is 39.9. The van der Waals surface area contributed by atoms with Crippen LogP contribution in [-0.4, -0.2) is 39.8 Å². The van der Waals surface area contributed by atoms with Crippen LogP contribution in [-0.2, 0) is 9.53 Å². The fraction of sp³-hybridized carbons (Fsp3) is 0.800. The number of rotatable bonds is 1. The van der Waals surface area contributed by atoms with E-state index < -0.39 is 24.5 Å². The molecule has 0 amide bonds. The van der Waals surface area contributed by atoms with Crippen LogP contribution in [0.4, 0.5) is 0 Å². The lowest BCUT2D eigenvalue weighted by atomic mass is 10.0. The molecule has 1 heterocycles. The number of hydrogen-bond donors (Lipinski definition) is 3. The Balaban J connectivity index is 2.70. The number of carbonyl (C=O) groups excluding carboxylic acids is 1. The average molecular weight is 148 g/mol. The van der Waals surface area contributed by atoms with Gasteiger partial charge in [-0.2, -0.15) is 0 Å². The number of hydrogen-bond acceptors (Lipinski definition) is 5. The second kappa shape index (κ2) is 2.19. The first-order valence-corrected chi connectivity index (χ1v) is 2.81. The fourth-order valence-electron chi connectivity index (χ4n) is 0.776. The summed E-state index contributed by atoms with van der Waals surface area (Å²) in [4.78, 5) is 10.5. The van der Waals surface area contributed by atoms with Gasteiger partial charge in [0.2, 0.25) is 6.29 Å². The van der Waals surface area contributed by atoms with Crippen LogP contribution < -0.4 is 0 Å². The van der Waals surface area contributed by atoms with Crippen LogP contribution in [0.1, 0.15) is 6.42 Å². The van der Waals surface area contributed by atoms with Crippen molar-refractivity contribution in [2.24, 2.45) is 0 Å². The van der Waals surface area contributed by atoms with Crippen molar-refractivity contribution in [2.75, 3.05) is 6.61 Å². The molecule has 0 radical (unpaired) electrons. The minimum absolute atomic E-state index is 0.262. The number of ether oxygens (including phenoxy) is 1. The summed E-state index contributed by atoms with van der Waals surface area (Å²) in [6, 6.07) is 0. The number of aliphatic hydroxyl groups is 3. The van der Waals surface area contributed by atoms with Crippen molar-refractivity contribution in [1.29, 1.82) is 0 Å². The van der Waals surface area contributed by atoms with E-state index in [2.05, 4.69) is 4.74 Å². The van der Waals surface area contributed by atoms with Gasteiger partial charge in [0.05, 0.1) is 13.0 Å². The SMILES string of the molecule is O=C1O[C@H](O)C[C@]1(O)CO. The average Bonchev–Trinajstić information content (AvgIpc) is 2.09. The lowest BCUT2D eigenvalue weighted by Crippen LogP contribution is -2.38. The van der Waals surface area contributed by atoms with E-state index in [-0.39, 0.29) is 6.42 Å². The zero-order chi connectivity index (χ0) is 7.78. The molecule has 1 saturated heterocycles. The monoisotopic (exact) mass is 148 g/mol. The Hall–Kier alpha value is -0.650. The molecule has 0 unspecified atom stereocenters. The maximum Gasteiger partial charge on any atom is 0.343 e. The van der Waals surface area contributed by atoms with Gasteiger partial charge in [0.15, 0.2) is 5.60 Å². The molecule has 3 N–H and O–H groups in total. The van der Waals surface area contributed by atoms with Gasteiger partial charge in [0.1, 0.15) is 0 Å². The van der Waals surface area contributed by atoms with E-state index >= 15 is 0 Å². The quantitative estimate of drug-likeness (QED) is 0.373. The van der Waals surface area contributed by atoms with Crippen LogP contribution in [0.15, 0.2) is 0 Å². The van der Waals surface area contributed by atoms with Crippen LogP contribution in [0.25, 0.3) is 0 Å². The first-order valence-electron chi connectivity index (χ1n) is 2.81. The Morgan fingerprint density at radius 3 is 2.60 bits per heavy atom. The van der Waals surface area contributed by atoms with Crippen molar-refractivity contribution in [1.82, 2.24) is 0 Å². The zero-order valence-corrected chi connectivity index (χ0v) is 5.15. The maximum atomic E-state index is 10.5. The molecular weight excluding hydrogens is 140 g/mol. The van der Waals surface area contributed by atoms with E-state index in [4.69, 9.17) is 15.3 Å². The third-order valence-corrected chi connectivity index (χ3v) is 1.40. The van der Waals surface area contributed by atoms with Crippen molar-refractivity contribution < 1.29 is 24.9 Å². The molecule has 0 aromatic heterocycles. The lowest BCUT2D eigenvalue weighted by molar-refractivity contribution is -0.164. The van der Waals surface area contributed by atoms with Crippen molar-refractivity contribution >= 4 is 5.97 Å². The van der Waals surface area contributed by atoms with Crippen molar-refractivity contribution in [3.63, 3.8) is 0 Å². The van der Waals surface area contributed by atoms with Gasteiger partial charge in [0, 0.05) is 0 Å². The largest absolute Gasteiger partial charge is 0.434 e. The second-order valence-corrected chi connectivity index (χ2v) is 2.25. The molecule has 2 atom stereocenters. The smallest absolute Gasteiger partial charge is 0.343 e. The number of carbonyl (C=O) groups is 1. The summed E-state index contributed by atoms with van der Waals surface area (Å²) in [6.45, 7) is -0.719. The Labute approximate surface area is 56.9 Å². The molecule has 0 aromatic carbocycles. The predicted molar refractivity (Wildman–Crippen MR) is 28.8 cm³/mol. The summed E-state index contributed by atoms with van der Waals surface area (Å²) in [5.74, 6) is -0.970. The zero-order valence-electron chi connectivity index (χ0n) is 5.15. The third-order valence-electron chi connectivity index (χ3n) is 1.40. The van der Waals surface area contributed by atoms with E-state index in [1.165, 1.54) is 0 Å². The van der Waals surface area contributed by atoms with Gasteiger partial charge in [-0.05, 0) is 0 Å². The summed E-state index contributed by atoms with van der Waals surface area (Å²) in [5.41, 5.74) is -1.89. The molecule has 1 aliphatic heterocycles. The third kappa shape index (κ3) is 0.985. The van der Waals surface area contributed by atoms with Gasteiger partial charge >= 0.3 is 5.97 Å². The topological polar surface area (TPSA) is 87.0 Å². The highest BCUT2D eigenvalue weighted by atomic mass is 16.7. The van der Waals surface area contributed by atoms with E-state index in [9.17, 15) is 4.79 Å². The van der Waals surface area contributed by atoms with E-state index in [1.54, 1.807) is 0 Å². The Bertz CT molecular complexity index is 156. The number of cyclic esters (lactones) is 1. The van der Waals surface area contributed by atoms with Crippen molar-refractivity contribution in [3.8, 4) is 0 Å². The molecule has 1 aliphatic rings. The molecule has 10 heavy (non-hydrogen) atoms. The van der Waals surface area contributed by atoms with E-state index in [1.807, 2.05) is 0 Å². The van der Waals surface area contributed by atoms with Crippen LogP contribution in [0, 0.1) is 0 Å². The Morgan fingerprint density at radius 2 is 2.40 bits per heavy atom. The van der Waals surface area contributed by atoms with Crippen LogP contribution in [0.3, 0.4) is 0 Å². The van der Waals surface area contributed by atoms with E-state index in [0.29, 0.717) is 0 Å². The fourth-order valence-corrected chi connectivity index (χ4v) is 0.776. The number of esters is 1. The van der Waals surface area contributed by atoms with Crippen LogP contribution in [0.5, 0.6) is 0 Å². The molecule has 0 bridgehead atoms. The first kappa shape index (κ1) is 7.46. The summed E-state index contributed by atoms with van der Waals surface area (Å²) < 4.78 is 4.17. The van der Waals surface area contributed by atoms with Crippen LogP contribution in [0.2, 0.25) is 0 Å². The van der Waals surface area contributed by atoms with Gasteiger partial charge in [-0.3, -0.25) is 0 Å². The molecule has 0 saturated carbocycles. The first-order chi connectivity index (χ1) is 4.58. The molecule has 0 aliphatic carbocycles. The second-order valence-electron chi connectivity index (χ2n) is 2.25. The van der Waals surface area contributed by atoms with Gasteiger partial charge in [-0.1, -0.05) is 0 Å². The highest BCUT2D eigenvalue weighted by Gasteiger charge is 2.46. The van der Waals surface area contributed by atoms with E-state index in [0.717, 1.165) is 0 Å². The molecule has 0 aromatic rings. The molecule has 5 nitrogen and oxygen atoms in total. The Morgan fingerprint density at radius 1 is 1.80 bits per heavy atom. The number of aliphatic hydroxyl groups excluding tert-OH is 2. The summed E-state index contributed by atoms with van der Waals surface area (Å²) in [7, 11) is 0. The Kier molecular flexibility index (Phi) is 1.63. The lowest BCUT2D eigenvalue weighted by Gasteiger charge is -2.11. The summed E-state index contributed by atoms with van der Waals surface area (Å²) >= 11 is 0. The maximum absolute atomic E-state index is 10.5. The predicted octanol–water partition coefficient (Wildman–Crippen LogP) is -2.02. The minimum atomic E-state index is -1.89. The van der Waals surface area contributed by atoms with Gasteiger partial charge in [-0.15, -0.1) is 0 Å². The van der Waals surface area contributed by atoms with Gasteiger partial charge < -0.3 is 20.1 Å². The molecule has 5 heteroatoms. The van der Waals surface area contributed by atoms with Gasteiger partial charge in [-0.25, -0.2) is 4.79 Å². The van der Waals surface area contributed by atoms with Crippen molar-refractivity contribution in [2.45, 2.75) is 18.3 Å². The molecule has 0 spiro atoms. The van der Waals surface area contributed by atoms with Gasteiger partial charge in [0.25, 0.3) is 0 Å². The molecule has 1 rings (SSSR count). The minimum Gasteiger partial charge on any atom is -0.434 e. The summed E-state index contributed by atoms with van der Waals surface area (Å²) in [6.07, 6.45) is -1.55. The molecular formula is C5H8O5. The summed E-state index contributed by atoms with van der Waals surface area (Å²) in [5, 5.41) is 26.2. The molecule has 1 fully saturated rings.